The second-order valence-corrected chi connectivity index (χ2v) is 5.81. The van der Waals surface area contributed by atoms with Crippen LogP contribution < -0.4 is 15.0 Å². The summed E-state index contributed by atoms with van der Waals surface area (Å²) in [5.41, 5.74) is 1.47. The van der Waals surface area contributed by atoms with Gasteiger partial charge < -0.3 is 15.0 Å². The van der Waals surface area contributed by atoms with Gasteiger partial charge in [-0.15, -0.1) is 0 Å². The molecule has 2 aromatic carbocycles. The number of nitrogens with one attached hydrogen (secondary N) is 1. The molecule has 5 nitrogen and oxygen atoms in total. The maximum absolute atomic E-state index is 12.2. The van der Waals surface area contributed by atoms with E-state index >= 15 is 0 Å². The summed E-state index contributed by atoms with van der Waals surface area (Å²) >= 11 is 6.07. The maximum Gasteiger partial charge on any atom is 0.240 e. The number of anilines is 1. The quantitative estimate of drug-likeness (QED) is 0.823. The van der Waals surface area contributed by atoms with Crippen LogP contribution >= 0.6 is 11.6 Å². The van der Waals surface area contributed by atoms with Crippen LogP contribution in [0.2, 0.25) is 5.02 Å². The summed E-state index contributed by atoms with van der Waals surface area (Å²) < 4.78 is 5.39. The van der Waals surface area contributed by atoms with E-state index in [0.717, 1.165) is 11.3 Å². The number of hydrogen-bond acceptors (Lipinski definition) is 3. The van der Waals surface area contributed by atoms with Gasteiger partial charge in [0.2, 0.25) is 11.8 Å². The zero-order chi connectivity index (χ0) is 18.2. The third kappa shape index (κ3) is 5.50. The van der Waals surface area contributed by atoms with E-state index in [4.69, 9.17) is 16.3 Å². The highest BCUT2D eigenvalue weighted by atomic mass is 35.5. The Balaban J connectivity index is 1.99. The molecule has 0 aromatic heterocycles. The minimum absolute atomic E-state index is 0.0617. The van der Waals surface area contributed by atoms with Crippen LogP contribution in [-0.4, -0.2) is 25.0 Å². The summed E-state index contributed by atoms with van der Waals surface area (Å²) in [7, 11) is 0. The number of nitrogens with zero attached hydrogens (tertiary/aromatic N) is 1. The van der Waals surface area contributed by atoms with Crippen LogP contribution in [0.4, 0.5) is 5.69 Å². The first kappa shape index (κ1) is 18.8. The smallest absolute Gasteiger partial charge is 0.240 e. The fourth-order valence-corrected chi connectivity index (χ4v) is 2.51. The Kier molecular flexibility index (Phi) is 6.83. The summed E-state index contributed by atoms with van der Waals surface area (Å²) in [4.78, 5) is 25.5. The summed E-state index contributed by atoms with van der Waals surface area (Å²) in [6.07, 6.45) is 0. The van der Waals surface area contributed by atoms with Crippen molar-refractivity contribution in [3.8, 4) is 5.75 Å². The number of amides is 2. The molecule has 2 aromatic rings. The monoisotopic (exact) mass is 360 g/mol. The molecule has 0 saturated heterocycles. The van der Waals surface area contributed by atoms with E-state index in [1.54, 1.807) is 30.3 Å². The van der Waals surface area contributed by atoms with Crippen molar-refractivity contribution in [1.29, 1.82) is 0 Å². The predicted octanol–water partition coefficient (Wildman–Crippen LogP) is 3.41. The number of carbonyl (C=O) groups excluding carboxylic acids is 2. The van der Waals surface area contributed by atoms with Gasteiger partial charge in [-0.25, -0.2) is 0 Å². The summed E-state index contributed by atoms with van der Waals surface area (Å²) in [5, 5.41) is 3.38. The van der Waals surface area contributed by atoms with E-state index in [0.29, 0.717) is 23.9 Å². The fraction of sp³-hybridized carbons (Fsp3) is 0.263. The average Bonchev–Trinajstić information content (AvgIpc) is 2.60. The van der Waals surface area contributed by atoms with Crippen LogP contribution in [0.15, 0.2) is 48.5 Å². The van der Waals surface area contributed by atoms with Crippen LogP contribution in [0.3, 0.4) is 0 Å². The minimum atomic E-state index is -0.260. The lowest BCUT2D eigenvalue weighted by atomic mass is 10.2. The minimum Gasteiger partial charge on any atom is -0.494 e. The van der Waals surface area contributed by atoms with Gasteiger partial charge in [0.25, 0.3) is 0 Å². The van der Waals surface area contributed by atoms with E-state index in [1.807, 2.05) is 25.1 Å². The number of ether oxygens (including phenoxy) is 1. The molecular weight excluding hydrogens is 340 g/mol. The molecule has 0 unspecified atom stereocenters. The van der Waals surface area contributed by atoms with E-state index < -0.39 is 0 Å². The molecule has 2 amide bonds. The molecule has 1 N–H and O–H groups in total. The lowest BCUT2D eigenvalue weighted by molar-refractivity contribution is -0.123. The Labute approximate surface area is 152 Å². The van der Waals surface area contributed by atoms with Gasteiger partial charge in [-0.1, -0.05) is 29.8 Å². The largest absolute Gasteiger partial charge is 0.494 e. The lowest BCUT2D eigenvalue weighted by Gasteiger charge is -2.21. The van der Waals surface area contributed by atoms with E-state index in [9.17, 15) is 9.59 Å². The topological polar surface area (TPSA) is 58.6 Å². The predicted molar refractivity (Wildman–Crippen MR) is 98.9 cm³/mol. The first-order chi connectivity index (χ1) is 12.0. The Morgan fingerprint density at radius 2 is 1.80 bits per heavy atom. The maximum atomic E-state index is 12.2. The van der Waals surface area contributed by atoms with Crippen molar-refractivity contribution >= 4 is 29.1 Å². The van der Waals surface area contributed by atoms with E-state index in [1.165, 1.54) is 11.8 Å². The highest BCUT2D eigenvalue weighted by Gasteiger charge is 2.16. The normalized spacial score (nSPS) is 10.2. The molecule has 0 radical (unpaired) electrons. The number of carbonyl (C=O) groups is 2. The summed E-state index contributed by atoms with van der Waals surface area (Å²) in [6.45, 7) is 4.15. The zero-order valence-electron chi connectivity index (χ0n) is 14.3. The second-order valence-electron chi connectivity index (χ2n) is 5.40. The Bertz CT molecular complexity index is 732. The molecule has 0 heterocycles. The van der Waals surface area contributed by atoms with E-state index in [2.05, 4.69) is 5.32 Å². The summed E-state index contributed by atoms with van der Waals surface area (Å²) in [6, 6.07) is 14.4. The van der Waals surface area contributed by atoms with E-state index in [-0.39, 0.29) is 18.4 Å². The van der Waals surface area contributed by atoms with Crippen LogP contribution in [0.25, 0.3) is 0 Å². The van der Waals surface area contributed by atoms with Gasteiger partial charge in [-0.05, 0) is 42.8 Å². The average molecular weight is 361 g/mol. The molecule has 132 valence electrons. The van der Waals surface area contributed by atoms with Gasteiger partial charge in [0.15, 0.2) is 0 Å². The van der Waals surface area contributed by atoms with Gasteiger partial charge in [-0.3, -0.25) is 9.59 Å². The van der Waals surface area contributed by atoms with Crippen LogP contribution in [-0.2, 0) is 16.1 Å². The standard InChI is InChI=1S/C19H21ClN2O3/c1-3-25-17-10-8-16(9-11-17)22(14(2)23)13-19(24)21-12-15-6-4-5-7-18(15)20/h4-11H,3,12-13H2,1-2H3,(H,21,24). The third-order valence-electron chi connectivity index (χ3n) is 3.58. The van der Waals surface area contributed by atoms with Gasteiger partial charge in [-0.2, -0.15) is 0 Å². The molecule has 0 fully saturated rings. The fourth-order valence-electron chi connectivity index (χ4n) is 2.31. The Morgan fingerprint density at radius 1 is 1.12 bits per heavy atom. The SMILES string of the molecule is CCOc1ccc(N(CC(=O)NCc2ccccc2Cl)C(C)=O)cc1. The Hall–Kier alpha value is -2.53. The van der Waals surface area contributed by atoms with Gasteiger partial charge in [0.1, 0.15) is 12.3 Å². The second kappa shape index (κ2) is 9.08. The molecule has 0 aliphatic carbocycles. The number of rotatable bonds is 7. The molecular formula is C19H21ClN2O3. The molecule has 0 saturated carbocycles. The number of halogens is 1. The molecule has 2 rings (SSSR count). The molecule has 0 spiro atoms. The molecule has 25 heavy (non-hydrogen) atoms. The Morgan fingerprint density at radius 3 is 2.40 bits per heavy atom. The molecule has 6 heteroatoms. The summed E-state index contributed by atoms with van der Waals surface area (Å²) in [5.74, 6) is 0.249. The van der Waals surface area contributed by atoms with Crippen molar-refractivity contribution in [2.24, 2.45) is 0 Å². The number of hydrogen-bond donors (Lipinski definition) is 1. The third-order valence-corrected chi connectivity index (χ3v) is 3.94. The van der Waals surface area contributed by atoms with Crippen molar-refractivity contribution in [2.75, 3.05) is 18.1 Å². The molecule has 0 aliphatic rings. The van der Waals surface area contributed by atoms with Gasteiger partial charge >= 0.3 is 0 Å². The molecule has 0 atom stereocenters. The first-order valence-corrected chi connectivity index (χ1v) is 8.40. The van der Waals surface area contributed by atoms with Crippen molar-refractivity contribution in [3.63, 3.8) is 0 Å². The molecule has 0 aliphatic heterocycles. The lowest BCUT2D eigenvalue weighted by Crippen LogP contribution is -2.39. The van der Waals surface area contributed by atoms with Crippen LogP contribution in [0, 0.1) is 0 Å². The van der Waals surface area contributed by atoms with Gasteiger partial charge in [0, 0.05) is 24.2 Å². The van der Waals surface area contributed by atoms with Crippen LogP contribution in [0.5, 0.6) is 5.75 Å². The van der Waals surface area contributed by atoms with Gasteiger partial charge in [0.05, 0.1) is 6.61 Å². The van der Waals surface area contributed by atoms with Crippen molar-refractivity contribution in [1.82, 2.24) is 5.32 Å². The highest BCUT2D eigenvalue weighted by Crippen LogP contribution is 2.20. The zero-order valence-corrected chi connectivity index (χ0v) is 15.0. The van der Waals surface area contributed by atoms with Crippen molar-refractivity contribution in [2.45, 2.75) is 20.4 Å². The number of benzene rings is 2. The molecule has 0 bridgehead atoms. The van der Waals surface area contributed by atoms with Crippen LogP contribution in [0.1, 0.15) is 19.4 Å². The highest BCUT2D eigenvalue weighted by molar-refractivity contribution is 6.31. The van der Waals surface area contributed by atoms with Crippen molar-refractivity contribution in [3.05, 3.63) is 59.1 Å². The van der Waals surface area contributed by atoms with Crippen molar-refractivity contribution < 1.29 is 14.3 Å². The first-order valence-electron chi connectivity index (χ1n) is 8.02.